The quantitative estimate of drug-likeness (QED) is 0.585. The molecule has 3 aromatic rings. The molecule has 1 N–H and O–H groups in total. The van der Waals surface area contributed by atoms with Gasteiger partial charge in [0.15, 0.2) is 5.58 Å². The molecule has 0 amide bonds. The third-order valence-corrected chi connectivity index (χ3v) is 2.91. The van der Waals surface area contributed by atoms with Crippen LogP contribution in [-0.2, 0) is 0 Å². The predicted molar refractivity (Wildman–Crippen MR) is 77.7 cm³/mol. The zero-order valence-electron chi connectivity index (χ0n) is 10.8. The molecule has 6 heteroatoms. The molecular formula is C15H10N2O4. The van der Waals surface area contributed by atoms with Crippen molar-refractivity contribution in [3.05, 3.63) is 64.0 Å². The number of benzene rings is 2. The van der Waals surface area contributed by atoms with Crippen LogP contribution >= 0.6 is 0 Å². The maximum absolute atomic E-state index is 10.7. The summed E-state index contributed by atoms with van der Waals surface area (Å²) in [6.45, 7) is 0. The Morgan fingerprint density at radius 1 is 1.14 bits per heavy atom. The van der Waals surface area contributed by atoms with Crippen molar-refractivity contribution >= 4 is 28.9 Å². The topological polar surface area (TPSA) is 89.4 Å². The molecular weight excluding hydrogens is 272 g/mol. The number of nitro groups is 1. The number of phenols is 1. The van der Waals surface area contributed by atoms with Crippen molar-refractivity contribution in [2.24, 2.45) is 0 Å². The highest BCUT2D eigenvalue weighted by atomic mass is 16.6. The minimum Gasteiger partial charge on any atom is -0.508 e. The average molecular weight is 282 g/mol. The molecule has 6 nitrogen and oxygen atoms in total. The second-order valence-electron chi connectivity index (χ2n) is 4.39. The average Bonchev–Trinajstić information content (AvgIpc) is 2.88. The number of rotatable bonds is 3. The number of hydrogen-bond donors (Lipinski definition) is 1. The lowest BCUT2D eigenvalue weighted by Crippen LogP contribution is -1.86. The molecule has 21 heavy (non-hydrogen) atoms. The largest absolute Gasteiger partial charge is 0.508 e. The van der Waals surface area contributed by atoms with Gasteiger partial charge >= 0.3 is 0 Å². The van der Waals surface area contributed by atoms with Crippen molar-refractivity contribution in [3.63, 3.8) is 0 Å². The molecule has 0 aliphatic heterocycles. The number of aromatic nitrogens is 1. The molecule has 0 unspecified atom stereocenters. The van der Waals surface area contributed by atoms with Crippen molar-refractivity contribution in [1.29, 1.82) is 0 Å². The first kappa shape index (κ1) is 12.9. The van der Waals surface area contributed by atoms with Crippen LogP contribution in [0.1, 0.15) is 11.5 Å². The third-order valence-electron chi connectivity index (χ3n) is 2.91. The van der Waals surface area contributed by atoms with Crippen molar-refractivity contribution in [1.82, 2.24) is 4.98 Å². The Hall–Kier alpha value is -3.15. The summed E-state index contributed by atoms with van der Waals surface area (Å²) >= 11 is 0. The minimum absolute atomic E-state index is 0.0233. The van der Waals surface area contributed by atoms with Crippen molar-refractivity contribution < 1.29 is 14.4 Å². The van der Waals surface area contributed by atoms with E-state index in [0.29, 0.717) is 17.0 Å². The van der Waals surface area contributed by atoms with Gasteiger partial charge in [-0.3, -0.25) is 10.1 Å². The Bertz CT molecular complexity index is 835. The van der Waals surface area contributed by atoms with Gasteiger partial charge in [-0.2, -0.15) is 0 Å². The van der Waals surface area contributed by atoms with E-state index >= 15 is 0 Å². The van der Waals surface area contributed by atoms with E-state index in [9.17, 15) is 15.2 Å². The van der Waals surface area contributed by atoms with E-state index in [4.69, 9.17) is 4.42 Å². The predicted octanol–water partition coefficient (Wildman–Crippen LogP) is 3.61. The van der Waals surface area contributed by atoms with E-state index in [-0.39, 0.29) is 11.4 Å². The number of aromatic hydroxyl groups is 1. The van der Waals surface area contributed by atoms with Crippen LogP contribution in [0.2, 0.25) is 0 Å². The van der Waals surface area contributed by atoms with E-state index in [1.165, 1.54) is 18.2 Å². The highest BCUT2D eigenvalue weighted by molar-refractivity contribution is 5.78. The van der Waals surface area contributed by atoms with Gasteiger partial charge in [-0.1, -0.05) is 12.1 Å². The summed E-state index contributed by atoms with van der Waals surface area (Å²) in [4.78, 5) is 14.4. The van der Waals surface area contributed by atoms with Crippen LogP contribution in [0.5, 0.6) is 5.75 Å². The lowest BCUT2D eigenvalue weighted by molar-refractivity contribution is -0.384. The summed E-state index contributed by atoms with van der Waals surface area (Å²) < 4.78 is 5.48. The fourth-order valence-corrected chi connectivity index (χ4v) is 1.87. The molecule has 0 spiro atoms. The van der Waals surface area contributed by atoms with Gasteiger partial charge in [-0.15, -0.1) is 0 Å². The first-order valence-electron chi connectivity index (χ1n) is 6.14. The maximum Gasteiger partial charge on any atom is 0.271 e. The smallest absolute Gasteiger partial charge is 0.271 e. The number of nitro benzene ring substituents is 1. The summed E-state index contributed by atoms with van der Waals surface area (Å²) in [6.07, 6.45) is 3.44. The van der Waals surface area contributed by atoms with Crippen LogP contribution in [0.25, 0.3) is 23.3 Å². The van der Waals surface area contributed by atoms with Gasteiger partial charge in [-0.05, 0) is 29.8 Å². The van der Waals surface area contributed by atoms with E-state index in [0.717, 1.165) is 5.56 Å². The van der Waals surface area contributed by atoms with Gasteiger partial charge in [0.25, 0.3) is 5.69 Å². The highest BCUT2D eigenvalue weighted by Gasteiger charge is 2.10. The Morgan fingerprint density at radius 2 is 1.90 bits per heavy atom. The van der Waals surface area contributed by atoms with Crippen LogP contribution in [-0.4, -0.2) is 15.0 Å². The second kappa shape index (κ2) is 5.09. The highest BCUT2D eigenvalue weighted by Crippen LogP contribution is 2.22. The Morgan fingerprint density at radius 3 is 2.62 bits per heavy atom. The second-order valence-corrected chi connectivity index (χ2v) is 4.39. The molecule has 0 fully saturated rings. The van der Waals surface area contributed by atoms with Crippen molar-refractivity contribution in [2.75, 3.05) is 0 Å². The normalized spacial score (nSPS) is 11.2. The van der Waals surface area contributed by atoms with Crippen LogP contribution in [0.15, 0.2) is 46.9 Å². The van der Waals surface area contributed by atoms with Crippen LogP contribution in [0, 0.1) is 10.1 Å². The van der Waals surface area contributed by atoms with E-state index in [1.54, 1.807) is 36.4 Å². The molecule has 0 aliphatic rings. The van der Waals surface area contributed by atoms with Gasteiger partial charge in [-0.25, -0.2) is 4.98 Å². The van der Waals surface area contributed by atoms with Crippen LogP contribution in [0.4, 0.5) is 5.69 Å². The van der Waals surface area contributed by atoms with Crippen LogP contribution < -0.4 is 0 Å². The van der Waals surface area contributed by atoms with Crippen molar-refractivity contribution in [3.8, 4) is 5.75 Å². The molecule has 3 rings (SSSR count). The van der Waals surface area contributed by atoms with E-state index in [2.05, 4.69) is 4.98 Å². The number of nitrogens with zero attached hydrogens (tertiary/aromatic N) is 2. The molecule has 104 valence electrons. The summed E-state index contributed by atoms with van der Waals surface area (Å²) in [5, 5.41) is 19.9. The Labute approximate surface area is 119 Å². The van der Waals surface area contributed by atoms with Crippen LogP contribution in [0.3, 0.4) is 0 Å². The summed E-state index contributed by atoms with van der Waals surface area (Å²) in [5.41, 5.74) is 1.78. The Kier molecular flexibility index (Phi) is 3.12. The molecule has 0 aliphatic carbocycles. The third kappa shape index (κ3) is 2.74. The number of non-ortho nitro benzene ring substituents is 1. The number of oxazole rings is 1. The molecule has 0 radical (unpaired) electrons. The monoisotopic (exact) mass is 282 g/mol. The number of phenolic OH excluding ortho intramolecular Hbond substituents is 1. The lowest BCUT2D eigenvalue weighted by atomic mass is 10.2. The number of hydrogen-bond acceptors (Lipinski definition) is 5. The van der Waals surface area contributed by atoms with Gasteiger partial charge in [0.05, 0.1) is 4.92 Å². The fourth-order valence-electron chi connectivity index (χ4n) is 1.87. The minimum atomic E-state index is -0.472. The first-order chi connectivity index (χ1) is 10.1. The molecule has 0 atom stereocenters. The standard InChI is InChI=1S/C15H10N2O4/c18-12-5-1-10(2-6-12)3-8-15-16-13-9-11(17(19)20)4-7-14(13)21-15/h1-9,18H. The summed E-state index contributed by atoms with van der Waals surface area (Å²) in [6, 6.07) is 10.9. The maximum atomic E-state index is 10.7. The first-order valence-corrected chi connectivity index (χ1v) is 6.14. The molecule has 0 saturated carbocycles. The number of fused-ring (bicyclic) bond motifs is 1. The van der Waals surface area contributed by atoms with Gasteiger partial charge in [0, 0.05) is 18.2 Å². The molecule has 1 heterocycles. The SMILES string of the molecule is O=[N+]([O-])c1ccc2oc(C=Cc3ccc(O)cc3)nc2c1. The molecule has 0 saturated heterocycles. The fraction of sp³-hybridized carbons (Fsp3) is 0. The van der Waals surface area contributed by atoms with Gasteiger partial charge < -0.3 is 9.52 Å². The van der Waals surface area contributed by atoms with E-state index in [1.807, 2.05) is 0 Å². The summed E-state index contributed by atoms with van der Waals surface area (Å²) in [5.74, 6) is 0.555. The lowest BCUT2D eigenvalue weighted by Gasteiger charge is -1.92. The zero-order chi connectivity index (χ0) is 14.8. The van der Waals surface area contributed by atoms with Gasteiger partial charge in [0.1, 0.15) is 11.3 Å². The Balaban J connectivity index is 1.90. The molecule has 1 aromatic heterocycles. The molecule has 0 bridgehead atoms. The summed E-state index contributed by atoms with van der Waals surface area (Å²) in [7, 11) is 0. The zero-order valence-corrected chi connectivity index (χ0v) is 10.8. The van der Waals surface area contributed by atoms with Gasteiger partial charge in [0.2, 0.25) is 5.89 Å². The molecule has 2 aromatic carbocycles. The van der Waals surface area contributed by atoms with Crippen molar-refractivity contribution in [2.45, 2.75) is 0 Å². The van der Waals surface area contributed by atoms with E-state index < -0.39 is 4.92 Å².